The van der Waals surface area contributed by atoms with Crippen molar-refractivity contribution in [1.29, 1.82) is 0 Å². The molecule has 0 unspecified atom stereocenters. The Kier molecular flexibility index (Phi) is 3.94. The maximum Gasteiger partial charge on any atom is 0.126 e. The second-order valence-corrected chi connectivity index (χ2v) is 4.12. The smallest absolute Gasteiger partial charge is 0.126 e. The number of allylic oxidation sites excluding steroid dienone is 1. The quantitative estimate of drug-likeness (QED) is 0.740. The molecule has 0 heterocycles. The lowest BCUT2D eigenvalue weighted by Gasteiger charge is -2.01. The molecule has 2 aromatic carbocycles. The van der Waals surface area contributed by atoms with E-state index in [9.17, 15) is 4.39 Å². The minimum Gasteiger partial charge on any atom is -0.207 e. The van der Waals surface area contributed by atoms with Gasteiger partial charge < -0.3 is 0 Å². The lowest BCUT2D eigenvalue weighted by atomic mass is 10.1. The first-order chi connectivity index (χ1) is 8.27. The molecular weight excluding hydrogens is 235 g/mol. The van der Waals surface area contributed by atoms with Crippen molar-refractivity contribution in [3.05, 3.63) is 77.6 Å². The highest BCUT2D eigenvalue weighted by atomic mass is 35.5. The first kappa shape index (κ1) is 11.9. The SMILES string of the molecule is Fc1ccccc1C/C=C(\Cl)c1ccccc1. The summed E-state index contributed by atoms with van der Waals surface area (Å²) < 4.78 is 13.4. The van der Waals surface area contributed by atoms with Crippen molar-refractivity contribution >= 4 is 16.6 Å². The molecule has 2 aromatic rings. The third-order valence-electron chi connectivity index (χ3n) is 2.51. The van der Waals surface area contributed by atoms with Crippen molar-refractivity contribution in [2.75, 3.05) is 0 Å². The molecule has 0 aliphatic carbocycles. The fourth-order valence-corrected chi connectivity index (χ4v) is 1.78. The van der Waals surface area contributed by atoms with Gasteiger partial charge in [-0.25, -0.2) is 4.39 Å². The molecule has 0 bridgehead atoms. The van der Waals surface area contributed by atoms with Gasteiger partial charge in [0.15, 0.2) is 0 Å². The molecule has 0 nitrogen and oxygen atoms in total. The molecule has 17 heavy (non-hydrogen) atoms. The van der Waals surface area contributed by atoms with Gasteiger partial charge in [0.2, 0.25) is 0 Å². The first-order valence-electron chi connectivity index (χ1n) is 5.42. The van der Waals surface area contributed by atoms with Gasteiger partial charge in [-0.05, 0) is 23.6 Å². The molecule has 2 rings (SSSR count). The molecule has 0 atom stereocenters. The molecule has 0 radical (unpaired) electrons. The predicted octanol–water partition coefficient (Wildman–Crippen LogP) is 4.65. The minimum atomic E-state index is -0.193. The Morgan fingerprint density at radius 1 is 1.00 bits per heavy atom. The summed E-state index contributed by atoms with van der Waals surface area (Å²) in [5.41, 5.74) is 1.60. The van der Waals surface area contributed by atoms with E-state index in [-0.39, 0.29) is 5.82 Å². The Hall–Kier alpha value is -1.60. The van der Waals surface area contributed by atoms with Gasteiger partial charge in [-0.15, -0.1) is 0 Å². The Morgan fingerprint density at radius 3 is 2.35 bits per heavy atom. The summed E-state index contributed by atoms with van der Waals surface area (Å²) in [6.07, 6.45) is 2.33. The fourth-order valence-electron chi connectivity index (χ4n) is 1.58. The molecule has 0 amide bonds. The zero-order chi connectivity index (χ0) is 12.1. The van der Waals surface area contributed by atoms with E-state index in [1.807, 2.05) is 42.5 Å². The van der Waals surface area contributed by atoms with Crippen molar-refractivity contribution in [3.63, 3.8) is 0 Å². The summed E-state index contributed by atoms with van der Waals surface area (Å²) in [5.74, 6) is -0.193. The molecule has 0 fully saturated rings. The Morgan fingerprint density at radius 2 is 1.65 bits per heavy atom. The van der Waals surface area contributed by atoms with Crippen LogP contribution in [-0.2, 0) is 6.42 Å². The van der Waals surface area contributed by atoms with Crippen LogP contribution in [0.5, 0.6) is 0 Å². The van der Waals surface area contributed by atoms with Gasteiger partial charge in [0, 0.05) is 5.03 Å². The third-order valence-corrected chi connectivity index (χ3v) is 2.88. The molecule has 0 N–H and O–H groups in total. The summed E-state index contributed by atoms with van der Waals surface area (Å²) in [6.45, 7) is 0. The highest BCUT2D eigenvalue weighted by Gasteiger charge is 2.00. The van der Waals surface area contributed by atoms with Crippen molar-refractivity contribution in [3.8, 4) is 0 Å². The van der Waals surface area contributed by atoms with Crippen LogP contribution >= 0.6 is 11.6 Å². The Balaban J connectivity index is 2.14. The molecule has 0 spiro atoms. The van der Waals surface area contributed by atoms with E-state index in [0.29, 0.717) is 17.0 Å². The van der Waals surface area contributed by atoms with E-state index in [0.717, 1.165) is 5.56 Å². The average molecular weight is 247 g/mol. The van der Waals surface area contributed by atoms with Gasteiger partial charge in [0.1, 0.15) is 5.82 Å². The monoisotopic (exact) mass is 246 g/mol. The highest BCUT2D eigenvalue weighted by molar-refractivity contribution is 6.48. The van der Waals surface area contributed by atoms with Crippen LogP contribution in [0.3, 0.4) is 0 Å². The standard InChI is InChI=1S/C15H12ClF/c16-14(12-6-2-1-3-7-12)11-10-13-8-4-5-9-15(13)17/h1-9,11H,10H2/b14-11-. The van der Waals surface area contributed by atoms with Crippen LogP contribution in [-0.4, -0.2) is 0 Å². The zero-order valence-corrected chi connectivity index (χ0v) is 9.99. The zero-order valence-electron chi connectivity index (χ0n) is 9.24. The van der Waals surface area contributed by atoms with Crippen molar-refractivity contribution < 1.29 is 4.39 Å². The predicted molar refractivity (Wildman–Crippen MR) is 70.4 cm³/mol. The van der Waals surface area contributed by atoms with Crippen molar-refractivity contribution in [2.45, 2.75) is 6.42 Å². The van der Waals surface area contributed by atoms with E-state index >= 15 is 0 Å². The number of rotatable bonds is 3. The average Bonchev–Trinajstić information content (AvgIpc) is 2.38. The molecule has 0 aliphatic heterocycles. The summed E-state index contributed by atoms with van der Waals surface area (Å²) in [5, 5.41) is 0.647. The first-order valence-corrected chi connectivity index (χ1v) is 5.79. The van der Waals surface area contributed by atoms with Crippen molar-refractivity contribution in [1.82, 2.24) is 0 Å². The molecule has 86 valence electrons. The van der Waals surface area contributed by atoms with Crippen LogP contribution in [0.4, 0.5) is 4.39 Å². The van der Waals surface area contributed by atoms with E-state index < -0.39 is 0 Å². The van der Waals surface area contributed by atoms with Crippen LogP contribution in [0.2, 0.25) is 0 Å². The summed E-state index contributed by atoms with van der Waals surface area (Å²) >= 11 is 6.15. The van der Waals surface area contributed by atoms with Gasteiger partial charge in [0.25, 0.3) is 0 Å². The van der Waals surface area contributed by atoms with Crippen LogP contribution in [0, 0.1) is 5.82 Å². The van der Waals surface area contributed by atoms with E-state index in [4.69, 9.17) is 11.6 Å². The molecule has 0 saturated carbocycles. The molecular formula is C15H12ClF. The largest absolute Gasteiger partial charge is 0.207 e. The second kappa shape index (κ2) is 5.65. The molecule has 0 aliphatic rings. The normalized spacial score (nSPS) is 11.5. The van der Waals surface area contributed by atoms with Gasteiger partial charge in [-0.1, -0.05) is 66.2 Å². The number of hydrogen-bond donors (Lipinski definition) is 0. The fraction of sp³-hybridized carbons (Fsp3) is 0.0667. The molecule has 0 aromatic heterocycles. The Bertz CT molecular complexity index is 517. The molecule has 0 saturated heterocycles. The van der Waals surface area contributed by atoms with Crippen LogP contribution in [0.1, 0.15) is 11.1 Å². The van der Waals surface area contributed by atoms with Gasteiger partial charge in [-0.2, -0.15) is 0 Å². The third kappa shape index (κ3) is 3.18. The number of benzene rings is 2. The van der Waals surface area contributed by atoms with Gasteiger partial charge in [-0.3, -0.25) is 0 Å². The van der Waals surface area contributed by atoms with Gasteiger partial charge in [0.05, 0.1) is 0 Å². The minimum absolute atomic E-state index is 0.193. The lowest BCUT2D eigenvalue weighted by molar-refractivity contribution is 0.615. The second-order valence-electron chi connectivity index (χ2n) is 3.71. The van der Waals surface area contributed by atoms with E-state index in [1.165, 1.54) is 6.07 Å². The van der Waals surface area contributed by atoms with Gasteiger partial charge >= 0.3 is 0 Å². The lowest BCUT2D eigenvalue weighted by Crippen LogP contribution is -1.87. The van der Waals surface area contributed by atoms with Crippen LogP contribution < -0.4 is 0 Å². The van der Waals surface area contributed by atoms with E-state index in [1.54, 1.807) is 12.1 Å². The maximum atomic E-state index is 13.4. The maximum absolute atomic E-state index is 13.4. The van der Waals surface area contributed by atoms with Crippen LogP contribution in [0.15, 0.2) is 60.7 Å². The number of hydrogen-bond acceptors (Lipinski definition) is 0. The number of halogens is 2. The Labute approximate surface area is 105 Å². The van der Waals surface area contributed by atoms with Crippen molar-refractivity contribution in [2.24, 2.45) is 0 Å². The van der Waals surface area contributed by atoms with Crippen LogP contribution in [0.25, 0.3) is 5.03 Å². The topological polar surface area (TPSA) is 0 Å². The summed E-state index contributed by atoms with van der Waals surface area (Å²) in [7, 11) is 0. The highest BCUT2D eigenvalue weighted by Crippen LogP contribution is 2.19. The summed E-state index contributed by atoms with van der Waals surface area (Å²) in [4.78, 5) is 0. The van der Waals surface area contributed by atoms with E-state index in [2.05, 4.69) is 0 Å². The summed E-state index contributed by atoms with van der Waals surface area (Å²) in [6, 6.07) is 16.4. The molecule has 2 heteroatoms.